The summed E-state index contributed by atoms with van der Waals surface area (Å²) in [4.78, 5) is 0. The topological polar surface area (TPSA) is 0 Å². The third-order valence-electron chi connectivity index (χ3n) is 2.84. The van der Waals surface area contributed by atoms with E-state index in [2.05, 4.69) is 29.8 Å². The number of hydrogen-bond donors (Lipinski definition) is 0. The Morgan fingerprint density at radius 1 is 1.25 bits per heavy atom. The Labute approximate surface area is 116 Å². The van der Waals surface area contributed by atoms with Crippen LogP contribution in [0.5, 0.6) is 0 Å². The summed E-state index contributed by atoms with van der Waals surface area (Å²) in [7, 11) is 0. The highest BCUT2D eigenvalue weighted by Gasteiger charge is 2.24. The van der Waals surface area contributed by atoms with Gasteiger partial charge >= 0.3 is 0 Å². The van der Waals surface area contributed by atoms with Gasteiger partial charge in [0.05, 0.1) is 0 Å². The van der Waals surface area contributed by atoms with Crippen molar-refractivity contribution in [3.8, 4) is 0 Å². The smallest absolute Gasteiger partial charge is 0.0453 e. The largest absolute Gasteiger partial charge is 0.0922 e. The molecule has 0 fully saturated rings. The van der Waals surface area contributed by atoms with Crippen LogP contribution in [0.1, 0.15) is 32.3 Å². The maximum absolute atomic E-state index is 6.19. The van der Waals surface area contributed by atoms with E-state index in [9.17, 15) is 0 Å². The zero-order chi connectivity index (χ0) is 12.2. The van der Waals surface area contributed by atoms with Crippen LogP contribution in [0.2, 0.25) is 10.0 Å². The molecule has 3 heteroatoms. The minimum absolute atomic E-state index is 0.226. The standard InChI is InChI=1S/C13H17BrCl2/c1-3-7-13(2,9-14)8-10-11(15)5-4-6-12(10)16/h4-6H,3,7-9H2,1-2H3. The molecule has 1 atom stereocenters. The average molecular weight is 324 g/mol. The molecule has 0 aliphatic carbocycles. The summed E-state index contributed by atoms with van der Waals surface area (Å²) in [6, 6.07) is 5.70. The molecule has 0 nitrogen and oxygen atoms in total. The normalized spacial score (nSPS) is 14.8. The fourth-order valence-electron chi connectivity index (χ4n) is 1.93. The summed E-state index contributed by atoms with van der Waals surface area (Å²) >= 11 is 16.0. The molecular formula is C13H17BrCl2. The first-order chi connectivity index (χ1) is 7.52. The second-order valence-corrected chi connectivity index (χ2v) is 5.95. The van der Waals surface area contributed by atoms with E-state index in [1.165, 1.54) is 12.8 Å². The highest BCUT2D eigenvalue weighted by atomic mass is 79.9. The van der Waals surface area contributed by atoms with E-state index in [1.807, 2.05) is 18.2 Å². The molecule has 0 amide bonds. The fraction of sp³-hybridized carbons (Fsp3) is 0.538. The number of alkyl halides is 1. The Kier molecular flexibility index (Phi) is 5.63. The van der Waals surface area contributed by atoms with E-state index >= 15 is 0 Å². The summed E-state index contributed by atoms with van der Waals surface area (Å²) in [5.74, 6) is 0. The molecule has 0 N–H and O–H groups in total. The Morgan fingerprint density at radius 2 is 1.81 bits per heavy atom. The first-order valence-corrected chi connectivity index (χ1v) is 7.39. The lowest BCUT2D eigenvalue weighted by Gasteiger charge is -2.28. The number of rotatable bonds is 5. The van der Waals surface area contributed by atoms with Crippen molar-refractivity contribution in [2.75, 3.05) is 5.33 Å². The number of hydrogen-bond acceptors (Lipinski definition) is 0. The molecule has 0 saturated heterocycles. The molecule has 1 aromatic rings. The van der Waals surface area contributed by atoms with E-state index in [0.717, 1.165) is 27.4 Å². The fourth-order valence-corrected chi connectivity index (χ4v) is 2.94. The Balaban J connectivity index is 2.94. The minimum Gasteiger partial charge on any atom is -0.0922 e. The highest BCUT2D eigenvalue weighted by Crippen LogP contribution is 2.35. The van der Waals surface area contributed by atoms with Crippen molar-refractivity contribution in [3.63, 3.8) is 0 Å². The second kappa shape index (κ2) is 6.28. The van der Waals surface area contributed by atoms with Crippen molar-refractivity contribution in [1.82, 2.24) is 0 Å². The Morgan fingerprint density at radius 3 is 2.25 bits per heavy atom. The average Bonchev–Trinajstić information content (AvgIpc) is 2.24. The first kappa shape index (κ1) is 14.3. The molecule has 0 bridgehead atoms. The SMILES string of the molecule is CCCC(C)(CBr)Cc1c(Cl)cccc1Cl. The number of halogens is 3. The van der Waals surface area contributed by atoms with Gasteiger partial charge in [-0.3, -0.25) is 0 Å². The van der Waals surface area contributed by atoms with Gasteiger partial charge in [-0.05, 0) is 36.0 Å². The van der Waals surface area contributed by atoms with Crippen molar-refractivity contribution in [1.29, 1.82) is 0 Å². The zero-order valence-corrected chi connectivity index (χ0v) is 12.8. The monoisotopic (exact) mass is 322 g/mol. The van der Waals surface area contributed by atoms with Gasteiger partial charge in [-0.1, -0.05) is 65.5 Å². The lowest BCUT2D eigenvalue weighted by atomic mass is 9.82. The van der Waals surface area contributed by atoms with Gasteiger partial charge in [0.1, 0.15) is 0 Å². The van der Waals surface area contributed by atoms with Crippen LogP contribution in [-0.2, 0) is 6.42 Å². The van der Waals surface area contributed by atoms with Crippen molar-refractivity contribution in [2.45, 2.75) is 33.1 Å². The summed E-state index contributed by atoms with van der Waals surface area (Å²) in [5.41, 5.74) is 1.30. The van der Waals surface area contributed by atoms with Crippen LogP contribution in [0.4, 0.5) is 0 Å². The van der Waals surface area contributed by atoms with Crippen LogP contribution in [0.25, 0.3) is 0 Å². The summed E-state index contributed by atoms with van der Waals surface area (Å²) in [5, 5.41) is 2.52. The van der Waals surface area contributed by atoms with Gasteiger partial charge in [-0.2, -0.15) is 0 Å². The van der Waals surface area contributed by atoms with Crippen LogP contribution in [0.15, 0.2) is 18.2 Å². The van der Waals surface area contributed by atoms with Gasteiger partial charge in [0, 0.05) is 15.4 Å². The van der Waals surface area contributed by atoms with Crippen LogP contribution < -0.4 is 0 Å². The maximum atomic E-state index is 6.19. The van der Waals surface area contributed by atoms with Crippen molar-refractivity contribution < 1.29 is 0 Å². The van der Waals surface area contributed by atoms with Crippen LogP contribution in [-0.4, -0.2) is 5.33 Å². The van der Waals surface area contributed by atoms with E-state index in [4.69, 9.17) is 23.2 Å². The highest BCUT2D eigenvalue weighted by molar-refractivity contribution is 9.09. The third-order valence-corrected chi connectivity index (χ3v) is 4.90. The predicted octanol–water partition coefficient (Wildman–Crippen LogP) is 5.74. The van der Waals surface area contributed by atoms with Crippen molar-refractivity contribution in [3.05, 3.63) is 33.8 Å². The molecule has 0 aromatic heterocycles. The van der Waals surface area contributed by atoms with Crippen LogP contribution in [0.3, 0.4) is 0 Å². The van der Waals surface area contributed by atoms with Crippen molar-refractivity contribution in [2.24, 2.45) is 5.41 Å². The molecule has 0 heterocycles. The van der Waals surface area contributed by atoms with E-state index in [0.29, 0.717) is 0 Å². The van der Waals surface area contributed by atoms with Gasteiger partial charge < -0.3 is 0 Å². The molecule has 90 valence electrons. The van der Waals surface area contributed by atoms with Gasteiger partial charge in [0.25, 0.3) is 0 Å². The van der Waals surface area contributed by atoms with Gasteiger partial charge in [-0.15, -0.1) is 0 Å². The lowest BCUT2D eigenvalue weighted by Crippen LogP contribution is -2.21. The molecule has 0 spiro atoms. The molecule has 1 unspecified atom stereocenters. The molecule has 0 saturated carbocycles. The predicted molar refractivity (Wildman–Crippen MR) is 77.0 cm³/mol. The molecular weight excluding hydrogens is 307 g/mol. The molecule has 1 rings (SSSR count). The van der Waals surface area contributed by atoms with E-state index in [-0.39, 0.29) is 5.41 Å². The minimum atomic E-state index is 0.226. The summed E-state index contributed by atoms with van der Waals surface area (Å²) < 4.78 is 0. The molecule has 16 heavy (non-hydrogen) atoms. The Hall–Kier alpha value is 0.280. The quantitative estimate of drug-likeness (QED) is 0.606. The zero-order valence-electron chi connectivity index (χ0n) is 9.69. The van der Waals surface area contributed by atoms with Gasteiger partial charge in [0.2, 0.25) is 0 Å². The molecule has 0 radical (unpaired) electrons. The van der Waals surface area contributed by atoms with Crippen LogP contribution in [0, 0.1) is 5.41 Å². The second-order valence-electron chi connectivity index (χ2n) is 4.57. The van der Waals surface area contributed by atoms with Gasteiger partial charge in [-0.25, -0.2) is 0 Å². The summed E-state index contributed by atoms with van der Waals surface area (Å²) in [6.07, 6.45) is 3.26. The van der Waals surface area contributed by atoms with Gasteiger partial charge in [0.15, 0.2) is 0 Å². The van der Waals surface area contributed by atoms with Crippen molar-refractivity contribution >= 4 is 39.1 Å². The first-order valence-electron chi connectivity index (χ1n) is 5.51. The lowest BCUT2D eigenvalue weighted by molar-refractivity contribution is 0.340. The summed E-state index contributed by atoms with van der Waals surface area (Å²) in [6.45, 7) is 4.47. The van der Waals surface area contributed by atoms with E-state index < -0.39 is 0 Å². The Bertz CT molecular complexity index is 332. The third kappa shape index (κ3) is 3.65. The maximum Gasteiger partial charge on any atom is 0.0453 e. The van der Waals surface area contributed by atoms with Crippen LogP contribution >= 0.6 is 39.1 Å². The van der Waals surface area contributed by atoms with E-state index in [1.54, 1.807) is 0 Å². The molecule has 0 aliphatic heterocycles. The number of benzene rings is 1. The molecule has 0 aliphatic rings. The molecule has 1 aromatic carbocycles.